The Morgan fingerprint density at radius 1 is 1.42 bits per heavy atom. The van der Waals surface area contributed by atoms with Gasteiger partial charge in [0.2, 0.25) is 0 Å². The Labute approximate surface area is 116 Å². The summed E-state index contributed by atoms with van der Waals surface area (Å²) in [5.41, 5.74) is 1.12. The minimum absolute atomic E-state index is 0.0199. The summed E-state index contributed by atoms with van der Waals surface area (Å²) in [5, 5.41) is 0. The van der Waals surface area contributed by atoms with E-state index in [9.17, 15) is 4.79 Å². The topological polar surface area (TPSA) is 38.8 Å². The molecule has 2 atom stereocenters. The van der Waals surface area contributed by atoms with E-state index < -0.39 is 0 Å². The van der Waals surface area contributed by atoms with Gasteiger partial charge in [0.1, 0.15) is 0 Å². The van der Waals surface area contributed by atoms with Crippen LogP contribution in [0, 0.1) is 5.92 Å². The molecule has 0 amide bonds. The predicted molar refractivity (Wildman–Crippen MR) is 76.0 cm³/mol. The van der Waals surface area contributed by atoms with Gasteiger partial charge in [-0.05, 0) is 32.4 Å². The molecule has 1 saturated carbocycles. The van der Waals surface area contributed by atoms with Crippen LogP contribution in [0.15, 0.2) is 12.2 Å². The molecule has 0 aromatic carbocycles. The number of hydrogen-bond donors (Lipinski definition) is 0. The van der Waals surface area contributed by atoms with E-state index in [0.29, 0.717) is 13.0 Å². The van der Waals surface area contributed by atoms with E-state index in [4.69, 9.17) is 9.47 Å². The molecule has 1 aliphatic rings. The molecule has 0 radical (unpaired) electrons. The van der Waals surface area contributed by atoms with Crippen LogP contribution in [0.2, 0.25) is 0 Å². The number of carbonyl (C=O) groups is 1. The first kappa shape index (κ1) is 16.2. The standard InChI is InChI=1S/C15H27NO3/c1-5-16(6-2)9-10-19-14-8-7-12(3)11-13(14)15(17)18-4/h13-14H,3,5-11H2,1-2,4H3. The lowest BCUT2D eigenvalue weighted by atomic mass is 9.83. The van der Waals surface area contributed by atoms with Gasteiger partial charge >= 0.3 is 5.97 Å². The molecule has 0 aromatic rings. The van der Waals surface area contributed by atoms with E-state index in [1.54, 1.807) is 0 Å². The Balaban J connectivity index is 2.45. The van der Waals surface area contributed by atoms with Crippen LogP contribution in [-0.2, 0) is 14.3 Å². The third-order valence-electron chi connectivity index (χ3n) is 3.88. The third kappa shape index (κ3) is 4.96. The molecule has 0 saturated heterocycles. The van der Waals surface area contributed by atoms with Crippen molar-refractivity contribution >= 4 is 5.97 Å². The van der Waals surface area contributed by atoms with E-state index in [2.05, 4.69) is 25.3 Å². The number of hydrogen-bond acceptors (Lipinski definition) is 4. The Kier molecular flexibility index (Phi) is 7.10. The maximum Gasteiger partial charge on any atom is 0.311 e. The quantitative estimate of drug-likeness (QED) is 0.525. The summed E-state index contributed by atoms with van der Waals surface area (Å²) in [6.07, 6.45) is 2.50. The van der Waals surface area contributed by atoms with Crippen molar-refractivity contribution in [2.45, 2.75) is 39.2 Å². The largest absolute Gasteiger partial charge is 0.469 e. The number of nitrogens with zero attached hydrogens (tertiary/aromatic N) is 1. The van der Waals surface area contributed by atoms with Gasteiger partial charge < -0.3 is 14.4 Å². The summed E-state index contributed by atoms with van der Waals surface area (Å²) < 4.78 is 10.8. The van der Waals surface area contributed by atoms with Crippen molar-refractivity contribution in [2.75, 3.05) is 33.4 Å². The normalized spacial score (nSPS) is 23.7. The molecular formula is C15H27NO3. The molecule has 0 bridgehead atoms. The first-order valence-electron chi connectivity index (χ1n) is 7.20. The molecule has 0 heterocycles. The van der Waals surface area contributed by atoms with Crippen LogP contribution < -0.4 is 0 Å². The summed E-state index contributed by atoms with van der Waals surface area (Å²) in [5.74, 6) is -0.350. The summed E-state index contributed by atoms with van der Waals surface area (Å²) in [6.45, 7) is 11.9. The van der Waals surface area contributed by atoms with Crippen molar-refractivity contribution in [3.8, 4) is 0 Å². The number of likely N-dealkylation sites (N-methyl/N-ethyl adjacent to an activating group) is 1. The maximum absolute atomic E-state index is 11.8. The van der Waals surface area contributed by atoms with E-state index in [1.807, 2.05) is 0 Å². The zero-order valence-corrected chi connectivity index (χ0v) is 12.5. The van der Waals surface area contributed by atoms with Crippen molar-refractivity contribution in [1.82, 2.24) is 4.90 Å². The zero-order chi connectivity index (χ0) is 14.3. The smallest absolute Gasteiger partial charge is 0.311 e. The summed E-state index contributed by atoms with van der Waals surface area (Å²) >= 11 is 0. The fraction of sp³-hybridized carbons (Fsp3) is 0.800. The average Bonchev–Trinajstić information content (AvgIpc) is 2.44. The molecule has 19 heavy (non-hydrogen) atoms. The fourth-order valence-corrected chi connectivity index (χ4v) is 2.55. The SMILES string of the molecule is C=C1CCC(OCCN(CC)CC)C(C(=O)OC)C1. The molecule has 1 rings (SSSR count). The van der Waals surface area contributed by atoms with Crippen molar-refractivity contribution in [2.24, 2.45) is 5.92 Å². The van der Waals surface area contributed by atoms with Crippen LogP contribution in [0.25, 0.3) is 0 Å². The van der Waals surface area contributed by atoms with Crippen LogP contribution in [0.1, 0.15) is 33.1 Å². The number of carbonyl (C=O) groups excluding carboxylic acids is 1. The maximum atomic E-state index is 11.8. The molecular weight excluding hydrogens is 242 g/mol. The Morgan fingerprint density at radius 3 is 2.68 bits per heavy atom. The lowest BCUT2D eigenvalue weighted by Gasteiger charge is -2.31. The molecule has 2 unspecified atom stereocenters. The highest BCUT2D eigenvalue weighted by molar-refractivity contribution is 5.73. The van der Waals surface area contributed by atoms with E-state index in [-0.39, 0.29) is 18.0 Å². The van der Waals surface area contributed by atoms with Gasteiger partial charge in [-0.15, -0.1) is 0 Å². The molecule has 1 aliphatic carbocycles. The Hall–Kier alpha value is -0.870. The third-order valence-corrected chi connectivity index (χ3v) is 3.88. The van der Waals surface area contributed by atoms with Gasteiger partial charge in [-0.25, -0.2) is 0 Å². The van der Waals surface area contributed by atoms with Gasteiger partial charge in [0.25, 0.3) is 0 Å². The highest BCUT2D eigenvalue weighted by Crippen LogP contribution is 2.30. The minimum atomic E-state index is -0.178. The second-order valence-corrected chi connectivity index (χ2v) is 5.06. The van der Waals surface area contributed by atoms with Crippen LogP contribution in [0.3, 0.4) is 0 Å². The van der Waals surface area contributed by atoms with Gasteiger partial charge in [-0.2, -0.15) is 0 Å². The number of methoxy groups -OCH3 is 1. The second-order valence-electron chi connectivity index (χ2n) is 5.06. The highest BCUT2D eigenvalue weighted by Gasteiger charge is 2.33. The Bertz CT molecular complexity index is 300. The first-order chi connectivity index (χ1) is 9.12. The van der Waals surface area contributed by atoms with Gasteiger partial charge in [-0.3, -0.25) is 4.79 Å². The summed E-state index contributed by atoms with van der Waals surface area (Å²) in [4.78, 5) is 14.1. The first-order valence-corrected chi connectivity index (χ1v) is 7.20. The Morgan fingerprint density at radius 2 is 2.11 bits per heavy atom. The van der Waals surface area contributed by atoms with Crippen molar-refractivity contribution in [3.63, 3.8) is 0 Å². The second kappa shape index (κ2) is 8.33. The monoisotopic (exact) mass is 269 g/mol. The van der Waals surface area contributed by atoms with Crippen molar-refractivity contribution in [1.29, 1.82) is 0 Å². The zero-order valence-electron chi connectivity index (χ0n) is 12.5. The lowest BCUT2D eigenvalue weighted by molar-refractivity contribution is -0.152. The van der Waals surface area contributed by atoms with Crippen LogP contribution in [0.5, 0.6) is 0 Å². The summed E-state index contributed by atoms with van der Waals surface area (Å²) in [6, 6.07) is 0. The number of ether oxygens (including phenoxy) is 2. The van der Waals surface area contributed by atoms with E-state index in [0.717, 1.165) is 38.0 Å². The van der Waals surface area contributed by atoms with Crippen molar-refractivity contribution in [3.05, 3.63) is 12.2 Å². The number of allylic oxidation sites excluding steroid dienone is 1. The number of esters is 1. The lowest BCUT2D eigenvalue weighted by Crippen LogP contribution is -2.37. The molecule has 110 valence electrons. The molecule has 4 nitrogen and oxygen atoms in total. The van der Waals surface area contributed by atoms with Crippen molar-refractivity contribution < 1.29 is 14.3 Å². The minimum Gasteiger partial charge on any atom is -0.469 e. The van der Waals surface area contributed by atoms with E-state index >= 15 is 0 Å². The fourth-order valence-electron chi connectivity index (χ4n) is 2.55. The molecule has 0 spiro atoms. The predicted octanol–water partition coefficient (Wildman–Crippen LogP) is 2.24. The highest BCUT2D eigenvalue weighted by atomic mass is 16.5. The molecule has 0 N–H and O–H groups in total. The molecule has 1 fully saturated rings. The number of rotatable bonds is 7. The van der Waals surface area contributed by atoms with Gasteiger partial charge in [0.05, 0.1) is 25.7 Å². The average molecular weight is 269 g/mol. The van der Waals surface area contributed by atoms with Crippen LogP contribution >= 0.6 is 0 Å². The molecule has 4 heteroatoms. The van der Waals surface area contributed by atoms with Crippen LogP contribution in [-0.4, -0.2) is 50.3 Å². The molecule has 0 aromatic heterocycles. The van der Waals surface area contributed by atoms with Gasteiger partial charge in [0, 0.05) is 6.54 Å². The van der Waals surface area contributed by atoms with Gasteiger partial charge in [-0.1, -0.05) is 26.0 Å². The van der Waals surface area contributed by atoms with E-state index in [1.165, 1.54) is 7.11 Å². The summed E-state index contributed by atoms with van der Waals surface area (Å²) in [7, 11) is 1.44. The van der Waals surface area contributed by atoms with Crippen LogP contribution in [0.4, 0.5) is 0 Å². The van der Waals surface area contributed by atoms with Gasteiger partial charge in [0.15, 0.2) is 0 Å². The molecule has 0 aliphatic heterocycles.